The second-order valence-electron chi connectivity index (χ2n) is 4.61. The minimum Gasteiger partial charge on any atom is -0.478 e. The predicted octanol–water partition coefficient (Wildman–Crippen LogP) is 2.79. The summed E-state index contributed by atoms with van der Waals surface area (Å²) in [6, 6.07) is 6.80. The van der Waals surface area contributed by atoms with E-state index in [1.165, 1.54) is 31.2 Å². The fraction of sp³-hybridized carbons (Fsp3) is 0.133. The number of nitrogens with zero attached hydrogens (tertiary/aromatic N) is 1. The SMILES string of the molecule is Cc1cc(F)cc(NC(=O)c2ccc(C(=O)O)c(C)n2)c1. The molecule has 0 saturated heterocycles. The topological polar surface area (TPSA) is 79.3 Å². The molecule has 0 aliphatic rings. The molecule has 0 atom stereocenters. The van der Waals surface area contributed by atoms with Gasteiger partial charge >= 0.3 is 5.97 Å². The minimum absolute atomic E-state index is 0.0353. The molecule has 21 heavy (non-hydrogen) atoms. The number of rotatable bonds is 3. The Morgan fingerprint density at radius 3 is 2.48 bits per heavy atom. The van der Waals surface area contributed by atoms with E-state index in [0.29, 0.717) is 11.3 Å². The van der Waals surface area contributed by atoms with E-state index in [4.69, 9.17) is 5.11 Å². The first-order chi connectivity index (χ1) is 9.86. The van der Waals surface area contributed by atoms with E-state index in [0.717, 1.165) is 0 Å². The van der Waals surface area contributed by atoms with Crippen LogP contribution in [0.3, 0.4) is 0 Å². The van der Waals surface area contributed by atoms with Crippen molar-refractivity contribution in [3.63, 3.8) is 0 Å². The summed E-state index contributed by atoms with van der Waals surface area (Å²) in [7, 11) is 0. The van der Waals surface area contributed by atoms with Crippen LogP contribution in [0.4, 0.5) is 10.1 Å². The van der Waals surface area contributed by atoms with Crippen LogP contribution in [0, 0.1) is 19.7 Å². The highest BCUT2D eigenvalue weighted by atomic mass is 19.1. The van der Waals surface area contributed by atoms with Crippen molar-refractivity contribution in [1.29, 1.82) is 0 Å². The summed E-state index contributed by atoms with van der Waals surface area (Å²) in [4.78, 5) is 26.9. The van der Waals surface area contributed by atoms with E-state index in [9.17, 15) is 14.0 Å². The van der Waals surface area contributed by atoms with Crippen molar-refractivity contribution in [2.24, 2.45) is 0 Å². The molecule has 0 spiro atoms. The Morgan fingerprint density at radius 2 is 1.90 bits per heavy atom. The van der Waals surface area contributed by atoms with Crippen molar-refractivity contribution in [3.8, 4) is 0 Å². The van der Waals surface area contributed by atoms with Crippen LogP contribution in [-0.4, -0.2) is 22.0 Å². The number of carbonyl (C=O) groups is 2. The molecular formula is C15H13FN2O3. The van der Waals surface area contributed by atoms with Gasteiger partial charge < -0.3 is 10.4 Å². The number of aromatic carboxylic acids is 1. The maximum atomic E-state index is 13.3. The molecular weight excluding hydrogens is 275 g/mol. The highest BCUT2D eigenvalue weighted by molar-refractivity contribution is 6.03. The van der Waals surface area contributed by atoms with E-state index in [1.54, 1.807) is 13.0 Å². The fourth-order valence-corrected chi connectivity index (χ4v) is 1.92. The summed E-state index contributed by atoms with van der Waals surface area (Å²) in [6.07, 6.45) is 0. The number of nitrogens with one attached hydrogen (secondary N) is 1. The molecule has 5 nitrogen and oxygen atoms in total. The number of hydrogen-bond donors (Lipinski definition) is 2. The van der Waals surface area contributed by atoms with Gasteiger partial charge in [0.2, 0.25) is 0 Å². The third-order valence-electron chi connectivity index (χ3n) is 2.85. The standard InChI is InChI=1S/C15H13FN2O3/c1-8-5-10(16)7-11(6-8)18-14(19)13-4-3-12(15(20)21)9(2)17-13/h3-7H,1-2H3,(H,18,19)(H,20,21). The average Bonchev–Trinajstić information content (AvgIpc) is 2.36. The molecule has 0 saturated carbocycles. The maximum absolute atomic E-state index is 13.3. The Kier molecular flexibility index (Phi) is 3.98. The van der Waals surface area contributed by atoms with Gasteiger partial charge in [0.15, 0.2) is 0 Å². The zero-order valence-corrected chi connectivity index (χ0v) is 11.5. The number of amides is 1. The average molecular weight is 288 g/mol. The summed E-state index contributed by atoms with van der Waals surface area (Å²) in [5, 5.41) is 11.4. The monoisotopic (exact) mass is 288 g/mol. The number of hydrogen-bond acceptors (Lipinski definition) is 3. The van der Waals surface area contributed by atoms with Crippen LogP contribution >= 0.6 is 0 Å². The summed E-state index contributed by atoms with van der Waals surface area (Å²) < 4.78 is 13.3. The van der Waals surface area contributed by atoms with E-state index >= 15 is 0 Å². The van der Waals surface area contributed by atoms with Gasteiger partial charge in [0.1, 0.15) is 11.5 Å². The molecule has 2 aromatic rings. The number of aromatic nitrogens is 1. The Balaban J connectivity index is 2.24. The molecule has 1 aromatic heterocycles. The summed E-state index contributed by atoms with van der Waals surface area (Å²) in [5.74, 6) is -2.08. The fourth-order valence-electron chi connectivity index (χ4n) is 1.92. The molecule has 0 bridgehead atoms. The van der Waals surface area contributed by atoms with Crippen LogP contribution in [0.5, 0.6) is 0 Å². The predicted molar refractivity (Wildman–Crippen MR) is 75.0 cm³/mol. The lowest BCUT2D eigenvalue weighted by molar-refractivity contribution is 0.0695. The molecule has 0 radical (unpaired) electrons. The molecule has 6 heteroatoms. The molecule has 2 rings (SSSR count). The summed E-state index contributed by atoms with van der Waals surface area (Å²) >= 11 is 0. The molecule has 0 aliphatic heterocycles. The number of carboxylic acids is 1. The third kappa shape index (κ3) is 3.42. The smallest absolute Gasteiger partial charge is 0.337 e. The number of aryl methyl sites for hydroxylation is 2. The first-order valence-electron chi connectivity index (χ1n) is 6.16. The number of carbonyl (C=O) groups excluding carboxylic acids is 1. The van der Waals surface area contributed by atoms with Crippen molar-refractivity contribution in [1.82, 2.24) is 4.98 Å². The first kappa shape index (κ1) is 14.6. The minimum atomic E-state index is -1.10. The highest BCUT2D eigenvalue weighted by Crippen LogP contribution is 2.15. The van der Waals surface area contributed by atoms with Gasteiger partial charge in [-0.25, -0.2) is 14.2 Å². The molecule has 0 fully saturated rings. The Bertz CT molecular complexity index is 709. The Labute approximate surface area is 120 Å². The van der Waals surface area contributed by atoms with Crippen LogP contribution in [0.2, 0.25) is 0 Å². The Hall–Kier alpha value is -2.76. The van der Waals surface area contributed by atoms with Crippen molar-refractivity contribution in [2.75, 3.05) is 5.32 Å². The van der Waals surface area contributed by atoms with Gasteiger partial charge in [-0.3, -0.25) is 4.79 Å². The first-order valence-corrected chi connectivity index (χ1v) is 6.16. The Morgan fingerprint density at radius 1 is 1.19 bits per heavy atom. The van der Waals surface area contributed by atoms with Crippen LogP contribution in [0.15, 0.2) is 30.3 Å². The van der Waals surface area contributed by atoms with Crippen molar-refractivity contribution >= 4 is 17.6 Å². The van der Waals surface area contributed by atoms with Gasteiger partial charge in [-0.2, -0.15) is 0 Å². The van der Waals surface area contributed by atoms with Gasteiger partial charge in [-0.05, 0) is 49.7 Å². The summed E-state index contributed by atoms with van der Waals surface area (Å²) in [5.41, 5.74) is 1.34. The van der Waals surface area contributed by atoms with Crippen LogP contribution in [0.25, 0.3) is 0 Å². The van der Waals surface area contributed by atoms with Crippen LogP contribution in [-0.2, 0) is 0 Å². The second kappa shape index (κ2) is 5.70. The molecule has 0 unspecified atom stereocenters. The molecule has 2 N–H and O–H groups in total. The molecule has 1 aromatic carbocycles. The number of anilines is 1. The lowest BCUT2D eigenvalue weighted by atomic mass is 10.1. The lowest BCUT2D eigenvalue weighted by Crippen LogP contribution is -2.15. The molecule has 1 amide bonds. The largest absolute Gasteiger partial charge is 0.478 e. The zero-order valence-electron chi connectivity index (χ0n) is 11.5. The molecule has 0 aliphatic carbocycles. The van der Waals surface area contributed by atoms with Crippen LogP contribution < -0.4 is 5.32 Å². The van der Waals surface area contributed by atoms with Crippen LogP contribution in [0.1, 0.15) is 32.1 Å². The number of pyridine rings is 1. The second-order valence-corrected chi connectivity index (χ2v) is 4.61. The number of carboxylic acid groups (broad SMARTS) is 1. The van der Waals surface area contributed by atoms with Gasteiger partial charge in [-0.15, -0.1) is 0 Å². The lowest BCUT2D eigenvalue weighted by Gasteiger charge is -2.07. The zero-order chi connectivity index (χ0) is 15.6. The normalized spacial score (nSPS) is 10.2. The van der Waals surface area contributed by atoms with Gasteiger partial charge in [0, 0.05) is 5.69 Å². The van der Waals surface area contributed by atoms with Gasteiger partial charge in [0.25, 0.3) is 5.91 Å². The van der Waals surface area contributed by atoms with Crippen molar-refractivity contribution in [2.45, 2.75) is 13.8 Å². The third-order valence-corrected chi connectivity index (χ3v) is 2.85. The highest BCUT2D eigenvalue weighted by Gasteiger charge is 2.13. The van der Waals surface area contributed by atoms with E-state index in [2.05, 4.69) is 10.3 Å². The number of benzene rings is 1. The van der Waals surface area contributed by atoms with Gasteiger partial charge in [-0.1, -0.05) is 0 Å². The van der Waals surface area contributed by atoms with Crippen molar-refractivity contribution in [3.05, 3.63) is 58.7 Å². The quantitative estimate of drug-likeness (QED) is 0.910. The molecule has 1 heterocycles. The summed E-state index contributed by atoms with van der Waals surface area (Å²) in [6.45, 7) is 3.22. The molecule has 108 valence electrons. The maximum Gasteiger partial charge on any atom is 0.337 e. The van der Waals surface area contributed by atoms with E-state index in [1.807, 2.05) is 0 Å². The van der Waals surface area contributed by atoms with E-state index in [-0.39, 0.29) is 17.0 Å². The van der Waals surface area contributed by atoms with Crippen molar-refractivity contribution < 1.29 is 19.1 Å². The van der Waals surface area contributed by atoms with Gasteiger partial charge in [0.05, 0.1) is 11.3 Å². The van der Waals surface area contributed by atoms with E-state index < -0.39 is 17.7 Å². The number of halogens is 1.